The van der Waals surface area contributed by atoms with Gasteiger partial charge in [0.05, 0.1) is 17.7 Å². The molecule has 1 amide bonds. The number of Topliss-reactive ketones (excluding diaryl/α,β-unsaturated/α-hetero) is 1. The van der Waals surface area contributed by atoms with Crippen LogP contribution in [0.5, 0.6) is 0 Å². The SMILES string of the molecule is COC(=O)C1CC(=O)C(SC)=C2c3ccccc3C(=O)N21. The fraction of sp³-hybridized carbons (Fsp3) is 0.267. The molecule has 0 saturated heterocycles. The summed E-state index contributed by atoms with van der Waals surface area (Å²) < 4.78 is 4.75. The molecule has 0 N–H and O–H groups in total. The Bertz CT molecular complexity index is 695. The second-order valence-electron chi connectivity index (χ2n) is 4.77. The zero-order chi connectivity index (χ0) is 15.1. The molecule has 3 rings (SSSR count). The first-order valence-electron chi connectivity index (χ1n) is 6.42. The van der Waals surface area contributed by atoms with Crippen LogP contribution in [-0.4, -0.2) is 42.0 Å². The molecule has 0 saturated carbocycles. The molecule has 1 atom stereocenters. The molecule has 0 radical (unpaired) electrons. The largest absolute Gasteiger partial charge is 0.467 e. The Kier molecular flexibility index (Phi) is 3.33. The zero-order valence-electron chi connectivity index (χ0n) is 11.6. The van der Waals surface area contributed by atoms with E-state index in [1.54, 1.807) is 24.5 Å². The molecule has 5 nitrogen and oxygen atoms in total. The molecule has 0 bridgehead atoms. The third-order valence-electron chi connectivity index (χ3n) is 3.71. The van der Waals surface area contributed by atoms with Crippen LogP contribution in [0.25, 0.3) is 5.70 Å². The molecule has 0 aliphatic carbocycles. The number of esters is 1. The molecular weight excluding hydrogens is 290 g/mol. The number of ketones is 1. The smallest absolute Gasteiger partial charge is 0.329 e. The van der Waals surface area contributed by atoms with Gasteiger partial charge < -0.3 is 4.74 Å². The predicted octanol–water partition coefficient (Wildman–Crippen LogP) is 1.69. The van der Waals surface area contributed by atoms with E-state index in [9.17, 15) is 14.4 Å². The number of carbonyl (C=O) groups excluding carboxylic acids is 3. The normalized spacial score (nSPS) is 20.5. The zero-order valence-corrected chi connectivity index (χ0v) is 12.4. The van der Waals surface area contributed by atoms with E-state index in [-0.39, 0.29) is 18.1 Å². The Balaban J connectivity index is 2.24. The van der Waals surface area contributed by atoms with Crippen molar-refractivity contribution in [3.63, 3.8) is 0 Å². The van der Waals surface area contributed by atoms with Crippen molar-refractivity contribution < 1.29 is 19.1 Å². The molecule has 2 aliphatic rings. The third kappa shape index (κ3) is 1.90. The van der Waals surface area contributed by atoms with E-state index in [0.29, 0.717) is 21.7 Å². The predicted molar refractivity (Wildman–Crippen MR) is 78.5 cm³/mol. The number of fused-ring (bicyclic) bond motifs is 3. The number of methoxy groups -OCH3 is 1. The van der Waals surface area contributed by atoms with E-state index < -0.39 is 12.0 Å². The number of carbonyl (C=O) groups is 3. The number of allylic oxidation sites excluding steroid dienone is 1. The van der Waals surface area contributed by atoms with Crippen LogP contribution >= 0.6 is 11.8 Å². The van der Waals surface area contributed by atoms with E-state index in [0.717, 1.165) is 0 Å². The molecule has 6 heteroatoms. The molecule has 108 valence electrons. The first-order chi connectivity index (χ1) is 10.1. The monoisotopic (exact) mass is 303 g/mol. The van der Waals surface area contributed by atoms with Gasteiger partial charge in [-0.1, -0.05) is 18.2 Å². The van der Waals surface area contributed by atoms with E-state index in [4.69, 9.17) is 4.74 Å². The minimum atomic E-state index is -0.881. The van der Waals surface area contributed by atoms with Crippen LogP contribution < -0.4 is 0 Å². The number of thioether (sulfide) groups is 1. The maximum atomic E-state index is 12.6. The fourth-order valence-electron chi connectivity index (χ4n) is 2.79. The highest BCUT2D eigenvalue weighted by molar-refractivity contribution is 8.03. The molecule has 1 aromatic carbocycles. The van der Waals surface area contributed by atoms with Crippen molar-refractivity contribution in [2.45, 2.75) is 12.5 Å². The average molecular weight is 303 g/mol. The highest BCUT2D eigenvalue weighted by Gasteiger charge is 2.47. The van der Waals surface area contributed by atoms with Crippen molar-refractivity contribution in [2.24, 2.45) is 0 Å². The van der Waals surface area contributed by atoms with Crippen LogP contribution in [0.2, 0.25) is 0 Å². The summed E-state index contributed by atoms with van der Waals surface area (Å²) in [5, 5.41) is 0. The summed E-state index contributed by atoms with van der Waals surface area (Å²) in [6, 6.07) is 6.20. The van der Waals surface area contributed by atoms with Gasteiger partial charge >= 0.3 is 5.97 Å². The standard InChI is InChI=1S/C15H13NO4S/c1-20-15(19)10-7-11(17)13(21-2)12-8-5-3-4-6-9(8)14(18)16(10)12/h3-6,10H,7H2,1-2H3. The first-order valence-corrected chi connectivity index (χ1v) is 7.65. The number of nitrogens with zero attached hydrogens (tertiary/aromatic N) is 1. The molecule has 2 aliphatic heterocycles. The van der Waals surface area contributed by atoms with E-state index in [2.05, 4.69) is 0 Å². The van der Waals surface area contributed by atoms with Gasteiger partial charge in [-0.3, -0.25) is 14.5 Å². The fourth-order valence-corrected chi connectivity index (χ4v) is 3.51. The molecule has 0 fully saturated rings. The van der Waals surface area contributed by atoms with Gasteiger partial charge in [0, 0.05) is 17.5 Å². The Morgan fingerprint density at radius 1 is 1.29 bits per heavy atom. The van der Waals surface area contributed by atoms with Crippen molar-refractivity contribution in [2.75, 3.05) is 13.4 Å². The maximum Gasteiger partial charge on any atom is 0.329 e. The summed E-state index contributed by atoms with van der Waals surface area (Å²) in [5.41, 5.74) is 1.76. The van der Waals surface area contributed by atoms with Gasteiger partial charge in [0.1, 0.15) is 6.04 Å². The van der Waals surface area contributed by atoms with Gasteiger partial charge in [-0.15, -0.1) is 11.8 Å². The minimum Gasteiger partial charge on any atom is -0.467 e. The Hall–Kier alpha value is -2.08. The van der Waals surface area contributed by atoms with Crippen LogP contribution in [0, 0.1) is 0 Å². The second kappa shape index (κ2) is 5.04. The van der Waals surface area contributed by atoms with Crippen LogP contribution in [0.3, 0.4) is 0 Å². The molecule has 1 unspecified atom stereocenters. The Morgan fingerprint density at radius 2 is 1.95 bits per heavy atom. The third-order valence-corrected chi connectivity index (χ3v) is 4.54. The highest BCUT2D eigenvalue weighted by Crippen LogP contribution is 2.43. The summed E-state index contributed by atoms with van der Waals surface area (Å²) in [7, 11) is 1.26. The van der Waals surface area contributed by atoms with Crippen LogP contribution in [0.15, 0.2) is 29.2 Å². The van der Waals surface area contributed by atoms with Crippen molar-refractivity contribution in [3.05, 3.63) is 40.3 Å². The summed E-state index contributed by atoms with van der Waals surface area (Å²) >= 11 is 1.30. The number of benzene rings is 1. The van der Waals surface area contributed by atoms with Gasteiger partial charge in [-0.05, 0) is 12.3 Å². The van der Waals surface area contributed by atoms with Gasteiger partial charge in [0.25, 0.3) is 5.91 Å². The summed E-state index contributed by atoms with van der Waals surface area (Å²) in [6.45, 7) is 0. The van der Waals surface area contributed by atoms with Crippen molar-refractivity contribution >= 4 is 35.1 Å². The lowest BCUT2D eigenvalue weighted by Gasteiger charge is -2.31. The van der Waals surface area contributed by atoms with E-state index in [1.807, 2.05) is 6.07 Å². The molecule has 2 heterocycles. The van der Waals surface area contributed by atoms with E-state index >= 15 is 0 Å². The van der Waals surface area contributed by atoms with Gasteiger partial charge in [-0.25, -0.2) is 4.79 Å². The number of hydrogen-bond donors (Lipinski definition) is 0. The Labute approximate surface area is 125 Å². The summed E-state index contributed by atoms with van der Waals surface area (Å²) in [4.78, 5) is 38.8. The van der Waals surface area contributed by atoms with Crippen molar-refractivity contribution in [3.8, 4) is 0 Å². The molecular formula is C15H13NO4S. The molecule has 21 heavy (non-hydrogen) atoms. The maximum absolute atomic E-state index is 12.6. The summed E-state index contributed by atoms with van der Waals surface area (Å²) in [6.07, 6.45) is 1.76. The molecule has 0 spiro atoms. The highest BCUT2D eigenvalue weighted by atomic mass is 32.2. The Morgan fingerprint density at radius 3 is 2.57 bits per heavy atom. The van der Waals surface area contributed by atoms with E-state index in [1.165, 1.54) is 23.8 Å². The lowest BCUT2D eigenvalue weighted by atomic mass is 10.0. The number of amides is 1. The molecule has 1 aromatic rings. The van der Waals surface area contributed by atoms with Gasteiger partial charge in [0.2, 0.25) is 0 Å². The van der Waals surface area contributed by atoms with Crippen molar-refractivity contribution in [1.82, 2.24) is 4.90 Å². The lowest BCUT2D eigenvalue weighted by Crippen LogP contribution is -2.46. The van der Waals surface area contributed by atoms with Crippen LogP contribution in [0.4, 0.5) is 0 Å². The summed E-state index contributed by atoms with van der Waals surface area (Å²) in [5.74, 6) is -0.953. The van der Waals surface area contributed by atoms with Crippen molar-refractivity contribution in [1.29, 1.82) is 0 Å². The van der Waals surface area contributed by atoms with Gasteiger partial charge in [-0.2, -0.15) is 0 Å². The first kappa shape index (κ1) is 13.9. The van der Waals surface area contributed by atoms with Gasteiger partial charge in [0.15, 0.2) is 5.78 Å². The number of ether oxygens (including phenoxy) is 1. The van der Waals surface area contributed by atoms with Crippen LogP contribution in [-0.2, 0) is 14.3 Å². The lowest BCUT2D eigenvalue weighted by molar-refractivity contribution is -0.146. The molecule has 0 aromatic heterocycles. The number of hydrogen-bond acceptors (Lipinski definition) is 5. The second-order valence-corrected chi connectivity index (χ2v) is 5.59. The quantitative estimate of drug-likeness (QED) is 0.778. The topological polar surface area (TPSA) is 63.7 Å². The van der Waals surface area contributed by atoms with Crippen LogP contribution in [0.1, 0.15) is 22.3 Å². The minimum absolute atomic E-state index is 0.0356. The number of rotatable bonds is 2. The average Bonchev–Trinajstić information content (AvgIpc) is 2.80.